The quantitative estimate of drug-likeness (QED) is 0.844. The first-order valence-electron chi connectivity index (χ1n) is 8.72. The molecule has 0 aliphatic carbocycles. The van der Waals surface area contributed by atoms with Crippen LogP contribution in [0.4, 0.5) is 10.5 Å². The summed E-state index contributed by atoms with van der Waals surface area (Å²) in [5, 5.41) is 0. The van der Waals surface area contributed by atoms with Crippen LogP contribution in [0, 0.1) is 5.92 Å². The predicted molar refractivity (Wildman–Crippen MR) is 95.0 cm³/mol. The number of carbonyl (C=O) groups is 2. The second-order valence-corrected chi connectivity index (χ2v) is 7.75. The number of ether oxygens (including phenoxy) is 2. The first-order chi connectivity index (χ1) is 11.8. The number of rotatable bonds is 3. The Morgan fingerprint density at radius 2 is 1.96 bits per heavy atom. The highest BCUT2D eigenvalue weighted by atomic mass is 16.6. The van der Waals surface area contributed by atoms with Crippen molar-refractivity contribution in [3.8, 4) is 5.75 Å². The standard InChI is InChI=1S/C19H26N2O4/c1-19(2,3)25-18(23)20-10-13(11-20)12-21-16-9-15(24-4)7-5-14(16)6-8-17(21)22/h5,7,9,13H,6,8,10-12H2,1-4H3. The van der Waals surface area contributed by atoms with Crippen LogP contribution in [0.25, 0.3) is 0 Å². The monoisotopic (exact) mass is 346 g/mol. The van der Waals surface area contributed by atoms with Crippen molar-refractivity contribution < 1.29 is 19.1 Å². The van der Waals surface area contributed by atoms with Gasteiger partial charge in [0.1, 0.15) is 11.4 Å². The Hall–Kier alpha value is -2.24. The third kappa shape index (κ3) is 3.89. The first kappa shape index (κ1) is 17.6. The molecule has 2 aliphatic heterocycles. The number of hydrogen-bond acceptors (Lipinski definition) is 4. The number of aryl methyl sites for hydroxylation is 1. The molecule has 6 nitrogen and oxygen atoms in total. The average molecular weight is 346 g/mol. The average Bonchev–Trinajstić information content (AvgIpc) is 2.49. The van der Waals surface area contributed by atoms with E-state index in [1.807, 2.05) is 43.9 Å². The lowest BCUT2D eigenvalue weighted by Crippen LogP contribution is -2.56. The van der Waals surface area contributed by atoms with Gasteiger partial charge in [0.15, 0.2) is 0 Å². The van der Waals surface area contributed by atoms with Gasteiger partial charge in [-0.3, -0.25) is 4.79 Å². The fraction of sp³-hybridized carbons (Fsp3) is 0.579. The van der Waals surface area contributed by atoms with E-state index in [1.165, 1.54) is 5.56 Å². The maximum Gasteiger partial charge on any atom is 0.410 e. The summed E-state index contributed by atoms with van der Waals surface area (Å²) < 4.78 is 10.7. The highest BCUT2D eigenvalue weighted by Gasteiger charge is 2.36. The van der Waals surface area contributed by atoms with Gasteiger partial charge in [-0.1, -0.05) is 6.07 Å². The summed E-state index contributed by atoms with van der Waals surface area (Å²) in [6.45, 7) is 7.45. The lowest BCUT2D eigenvalue weighted by Gasteiger charge is -2.42. The number of methoxy groups -OCH3 is 1. The van der Waals surface area contributed by atoms with Crippen LogP contribution in [0.2, 0.25) is 0 Å². The van der Waals surface area contributed by atoms with E-state index in [2.05, 4.69) is 0 Å². The SMILES string of the molecule is COc1ccc2c(c1)N(CC1CN(C(=O)OC(C)(C)C)C1)C(=O)CC2. The van der Waals surface area contributed by atoms with Crippen LogP contribution in [0.15, 0.2) is 18.2 Å². The van der Waals surface area contributed by atoms with Crippen LogP contribution in [0.1, 0.15) is 32.8 Å². The molecule has 1 saturated heterocycles. The Morgan fingerprint density at radius 1 is 1.24 bits per heavy atom. The van der Waals surface area contributed by atoms with E-state index in [1.54, 1.807) is 12.0 Å². The highest BCUT2D eigenvalue weighted by molar-refractivity contribution is 5.96. The molecule has 25 heavy (non-hydrogen) atoms. The van der Waals surface area contributed by atoms with Crippen molar-refractivity contribution >= 4 is 17.7 Å². The highest BCUT2D eigenvalue weighted by Crippen LogP contribution is 2.33. The van der Waals surface area contributed by atoms with Gasteiger partial charge in [0, 0.05) is 38.0 Å². The zero-order valence-corrected chi connectivity index (χ0v) is 15.4. The van der Waals surface area contributed by atoms with Crippen LogP contribution in [-0.2, 0) is 16.0 Å². The molecule has 0 atom stereocenters. The molecule has 6 heteroatoms. The molecule has 1 aromatic carbocycles. The molecule has 1 aromatic rings. The maximum absolute atomic E-state index is 12.4. The normalized spacial score (nSPS) is 17.8. The minimum Gasteiger partial charge on any atom is -0.497 e. The van der Waals surface area contributed by atoms with Gasteiger partial charge in [-0.25, -0.2) is 4.79 Å². The molecule has 3 rings (SSSR count). The molecule has 0 radical (unpaired) electrons. The lowest BCUT2D eigenvalue weighted by atomic mass is 9.96. The largest absolute Gasteiger partial charge is 0.497 e. The Bertz CT molecular complexity index is 674. The zero-order chi connectivity index (χ0) is 18.2. The summed E-state index contributed by atoms with van der Waals surface area (Å²) in [6, 6.07) is 5.89. The summed E-state index contributed by atoms with van der Waals surface area (Å²) in [4.78, 5) is 28.0. The van der Waals surface area contributed by atoms with E-state index in [0.717, 1.165) is 17.9 Å². The van der Waals surface area contributed by atoms with Crippen molar-refractivity contribution in [1.29, 1.82) is 0 Å². The minimum absolute atomic E-state index is 0.136. The Kier molecular flexibility index (Phi) is 4.62. The van der Waals surface area contributed by atoms with Gasteiger partial charge in [0.25, 0.3) is 0 Å². The second kappa shape index (κ2) is 6.58. The number of benzene rings is 1. The van der Waals surface area contributed by atoms with Gasteiger partial charge in [0.2, 0.25) is 5.91 Å². The van der Waals surface area contributed by atoms with Gasteiger partial charge in [0.05, 0.1) is 12.8 Å². The molecule has 0 bridgehead atoms. The number of carbonyl (C=O) groups excluding carboxylic acids is 2. The van der Waals surface area contributed by atoms with Crippen molar-refractivity contribution in [1.82, 2.24) is 4.90 Å². The van der Waals surface area contributed by atoms with Crippen molar-refractivity contribution in [2.75, 3.05) is 31.6 Å². The van der Waals surface area contributed by atoms with Gasteiger partial charge < -0.3 is 19.3 Å². The summed E-state index contributed by atoms with van der Waals surface area (Å²) in [7, 11) is 1.63. The van der Waals surface area contributed by atoms with E-state index in [0.29, 0.717) is 26.1 Å². The number of anilines is 1. The zero-order valence-electron chi connectivity index (χ0n) is 15.4. The van der Waals surface area contributed by atoms with Crippen molar-refractivity contribution in [2.45, 2.75) is 39.2 Å². The number of likely N-dealkylation sites (tertiary alicyclic amines) is 1. The predicted octanol–water partition coefficient (Wildman–Crippen LogP) is 2.84. The molecule has 2 amide bonds. The maximum atomic E-state index is 12.4. The lowest BCUT2D eigenvalue weighted by molar-refractivity contribution is -0.119. The molecule has 0 aromatic heterocycles. The molecule has 0 saturated carbocycles. The van der Waals surface area contributed by atoms with E-state index in [9.17, 15) is 9.59 Å². The molecule has 136 valence electrons. The summed E-state index contributed by atoms with van der Waals surface area (Å²) in [6.07, 6.45) is 1.02. The topological polar surface area (TPSA) is 59.1 Å². The summed E-state index contributed by atoms with van der Waals surface area (Å²) >= 11 is 0. The van der Waals surface area contributed by atoms with Crippen molar-refractivity contribution in [3.05, 3.63) is 23.8 Å². The fourth-order valence-electron chi connectivity index (χ4n) is 3.26. The molecule has 0 unspecified atom stereocenters. The third-order valence-electron chi connectivity index (χ3n) is 4.54. The van der Waals surface area contributed by atoms with E-state index < -0.39 is 5.60 Å². The Balaban J connectivity index is 1.63. The molecular formula is C19H26N2O4. The van der Waals surface area contributed by atoms with Crippen LogP contribution < -0.4 is 9.64 Å². The molecule has 1 fully saturated rings. The van der Waals surface area contributed by atoms with Crippen molar-refractivity contribution in [2.24, 2.45) is 5.92 Å². The fourth-order valence-corrected chi connectivity index (χ4v) is 3.26. The first-order valence-corrected chi connectivity index (χ1v) is 8.72. The third-order valence-corrected chi connectivity index (χ3v) is 4.54. The van der Waals surface area contributed by atoms with Gasteiger partial charge in [-0.2, -0.15) is 0 Å². The second-order valence-electron chi connectivity index (χ2n) is 7.75. The summed E-state index contributed by atoms with van der Waals surface area (Å²) in [5.41, 5.74) is 1.62. The smallest absolute Gasteiger partial charge is 0.410 e. The van der Waals surface area contributed by atoms with Crippen LogP contribution in [0.5, 0.6) is 5.75 Å². The Morgan fingerprint density at radius 3 is 2.60 bits per heavy atom. The molecule has 0 N–H and O–H groups in total. The molecular weight excluding hydrogens is 320 g/mol. The molecule has 0 spiro atoms. The number of amides is 2. The van der Waals surface area contributed by atoms with Crippen LogP contribution in [0.3, 0.4) is 0 Å². The van der Waals surface area contributed by atoms with E-state index in [4.69, 9.17) is 9.47 Å². The van der Waals surface area contributed by atoms with Crippen molar-refractivity contribution in [3.63, 3.8) is 0 Å². The van der Waals surface area contributed by atoms with Gasteiger partial charge >= 0.3 is 6.09 Å². The number of hydrogen-bond donors (Lipinski definition) is 0. The van der Waals surface area contributed by atoms with E-state index in [-0.39, 0.29) is 17.9 Å². The Labute approximate surface area is 148 Å². The van der Waals surface area contributed by atoms with Gasteiger partial charge in [-0.15, -0.1) is 0 Å². The number of fused-ring (bicyclic) bond motifs is 1. The molecule has 2 heterocycles. The van der Waals surface area contributed by atoms with Crippen LogP contribution >= 0.6 is 0 Å². The number of nitrogens with zero attached hydrogens (tertiary/aromatic N) is 2. The van der Waals surface area contributed by atoms with E-state index >= 15 is 0 Å². The van der Waals surface area contributed by atoms with Crippen LogP contribution in [-0.4, -0.2) is 49.2 Å². The summed E-state index contributed by atoms with van der Waals surface area (Å²) in [5.74, 6) is 1.16. The molecule has 2 aliphatic rings. The van der Waals surface area contributed by atoms with Gasteiger partial charge in [-0.05, 0) is 38.8 Å². The minimum atomic E-state index is -0.486.